The molecule has 0 radical (unpaired) electrons. The highest BCUT2D eigenvalue weighted by Gasteiger charge is 2.32. The van der Waals surface area contributed by atoms with E-state index in [-0.39, 0.29) is 12.1 Å². The second-order valence-corrected chi connectivity index (χ2v) is 6.53. The molecule has 1 aromatic heterocycles. The van der Waals surface area contributed by atoms with Crippen LogP contribution in [0.1, 0.15) is 69.7 Å². The largest absolute Gasteiger partial charge is 0.370 e. The van der Waals surface area contributed by atoms with Crippen LogP contribution >= 0.6 is 0 Å². The van der Waals surface area contributed by atoms with Gasteiger partial charge in [-0.25, -0.2) is 0 Å². The van der Waals surface area contributed by atoms with E-state index < -0.39 is 0 Å². The highest BCUT2D eigenvalue weighted by atomic mass is 16.5. The van der Waals surface area contributed by atoms with Gasteiger partial charge in [-0.1, -0.05) is 24.4 Å². The first-order valence-electron chi connectivity index (χ1n) is 8.47. The van der Waals surface area contributed by atoms with Gasteiger partial charge < -0.3 is 15.0 Å². The molecule has 2 N–H and O–H groups in total. The third-order valence-electron chi connectivity index (χ3n) is 4.80. The average Bonchev–Trinajstić information content (AvgIpc) is 3.27. The first-order valence-corrected chi connectivity index (χ1v) is 8.47. The fraction of sp³-hybridized carbons (Fsp3) is 0.875. The van der Waals surface area contributed by atoms with Gasteiger partial charge in [0.05, 0.1) is 0 Å². The van der Waals surface area contributed by atoms with Crippen LogP contribution in [0.15, 0.2) is 4.52 Å². The van der Waals surface area contributed by atoms with Crippen LogP contribution in [-0.2, 0) is 11.2 Å². The second-order valence-electron chi connectivity index (χ2n) is 6.53. The molecule has 1 aromatic rings. The topological polar surface area (TPSA) is 74.2 Å². The lowest BCUT2D eigenvalue weighted by atomic mass is 9.85. The molecular weight excluding hydrogens is 266 g/mol. The lowest BCUT2D eigenvalue weighted by Crippen LogP contribution is -2.25. The van der Waals surface area contributed by atoms with Gasteiger partial charge in [-0.15, -0.1) is 0 Å². The molecule has 2 aliphatic carbocycles. The summed E-state index contributed by atoms with van der Waals surface area (Å²) in [6.07, 6.45) is 9.48. The van der Waals surface area contributed by atoms with Crippen molar-refractivity contribution >= 4 is 0 Å². The fourth-order valence-corrected chi connectivity index (χ4v) is 3.40. The summed E-state index contributed by atoms with van der Waals surface area (Å²) in [6.45, 7) is 2.71. The molecule has 0 bridgehead atoms. The van der Waals surface area contributed by atoms with Crippen LogP contribution in [-0.4, -0.2) is 22.8 Å². The first kappa shape index (κ1) is 15.0. The zero-order chi connectivity index (χ0) is 14.7. The number of nitrogens with two attached hydrogens (primary N) is 1. The maximum Gasteiger partial charge on any atom is 0.228 e. The molecule has 3 rings (SSSR count). The molecule has 2 saturated carbocycles. The van der Waals surface area contributed by atoms with E-state index in [1.165, 1.54) is 44.9 Å². The smallest absolute Gasteiger partial charge is 0.228 e. The maximum absolute atomic E-state index is 6.14. The summed E-state index contributed by atoms with van der Waals surface area (Å²) in [6, 6.07) is 0.165. The van der Waals surface area contributed by atoms with Crippen LogP contribution in [0.3, 0.4) is 0 Å². The van der Waals surface area contributed by atoms with Crippen LogP contribution in [0, 0.1) is 11.8 Å². The van der Waals surface area contributed by atoms with E-state index in [0.29, 0.717) is 30.8 Å². The minimum Gasteiger partial charge on any atom is -0.370 e. The van der Waals surface area contributed by atoms with Crippen LogP contribution in [0.5, 0.6) is 0 Å². The molecule has 0 aromatic carbocycles. The Balaban J connectivity index is 1.65. The molecule has 1 heterocycles. The second kappa shape index (κ2) is 6.88. The van der Waals surface area contributed by atoms with E-state index in [4.69, 9.17) is 15.0 Å². The summed E-state index contributed by atoms with van der Waals surface area (Å²) < 4.78 is 11.3. The van der Waals surface area contributed by atoms with E-state index in [1.807, 2.05) is 6.92 Å². The number of rotatable bonds is 7. The maximum atomic E-state index is 6.14. The Hall–Kier alpha value is -0.940. The lowest BCUT2D eigenvalue weighted by molar-refractivity contribution is -0.00145. The number of hydrogen-bond donors (Lipinski definition) is 1. The Labute approximate surface area is 126 Å². The predicted molar refractivity (Wildman–Crippen MR) is 79.6 cm³/mol. The van der Waals surface area contributed by atoms with Crippen molar-refractivity contribution in [1.82, 2.24) is 10.1 Å². The molecule has 2 fully saturated rings. The Morgan fingerprint density at radius 3 is 2.62 bits per heavy atom. The van der Waals surface area contributed by atoms with E-state index in [9.17, 15) is 0 Å². The lowest BCUT2D eigenvalue weighted by Gasteiger charge is -2.27. The van der Waals surface area contributed by atoms with Crippen molar-refractivity contribution in [2.24, 2.45) is 17.6 Å². The van der Waals surface area contributed by atoms with Crippen LogP contribution < -0.4 is 5.73 Å². The van der Waals surface area contributed by atoms with E-state index >= 15 is 0 Å². The molecule has 5 nitrogen and oxygen atoms in total. The van der Waals surface area contributed by atoms with E-state index in [0.717, 1.165) is 5.82 Å². The number of ether oxygens (including phenoxy) is 1. The van der Waals surface area contributed by atoms with Gasteiger partial charge in [-0.05, 0) is 44.4 Å². The van der Waals surface area contributed by atoms with Crippen LogP contribution in [0.2, 0.25) is 0 Å². The minimum atomic E-state index is -0.00931. The first-order chi connectivity index (χ1) is 10.3. The van der Waals surface area contributed by atoms with Gasteiger partial charge in [0.25, 0.3) is 0 Å². The van der Waals surface area contributed by atoms with Gasteiger partial charge in [-0.3, -0.25) is 0 Å². The van der Waals surface area contributed by atoms with Crippen molar-refractivity contribution in [2.75, 3.05) is 6.61 Å². The quantitative estimate of drug-likeness (QED) is 0.836. The monoisotopic (exact) mass is 293 g/mol. The van der Waals surface area contributed by atoms with Gasteiger partial charge in [0, 0.05) is 19.1 Å². The number of nitrogens with zero attached hydrogens (tertiary/aromatic N) is 2. The summed E-state index contributed by atoms with van der Waals surface area (Å²) in [7, 11) is 0. The molecule has 21 heavy (non-hydrogen) atoms. The van der Waals surface area contributed by atoms with Crippen LogP contribution in [0.4, 0.5) is 0 Å². The van der Waals surface area contributed by atoms with E-state index in [2.05, 4.69) is 10.1 Å². The molecule has 0 amide bonds. The van der Waals surface area contributed by atoms with Gasteiger partial charge in [0.15, 0.2) is 0 Å². The van der Waals surface area contributed by atoms with Gasteiger partial charge >= 0.3 is 0 Å². The summed E-state index contributed by atoms with van der Waals surface area (Å²) in [4.78, 5) is 4.57. The highest BCUT2D eigenvalue weighted by molar-refractivity contribution is 4.98. The van der Waals surface area contributed by atoms with Crippen molar-refractivity contribution in [1.29, 1.82) is 0 Å². The fourth-order valence-electron chi connectivity index (χ4n) is 3.40. The number of aromatic nitrogens is 2. The van der Waals surface area contributed by atoms with Gasteiger partial charge in [0.1, 0.15) is 6.10 Å². The van der Waals surface area contributed by atoms with Crippen molar-refractivity contribution in [2.45, 2.75) is 70.4 Å². The summed E-state index contributed by atoms with van der Waals surface area (Å²) in [5.74, 6) is 2.58. The summed E-state index contributed by atoms with van der Waals surface area (Å²) in [5, 5.41) is 4.18. The normalized spacial score (nSPS) is 23.1. The van der Waals surface area contributed by atoms with Gasteiger partial charge in [0.2, 0.25) is 11.7 Å². The Morgan fingerprint density at radius 2 is 1.95 bits per heavy atom. The highest BCUT2D eigenvalue weighted by Crippen LogP contribution is 2.36. The molecular formula is C16H27N3O2. The molecule has 2 aliphatic rings. The third kappa shape index (κ3) is 3.83. The van der Waals surface area contributed by atoms with Crippen molar-refractivity contribution in [3.8, 4) is 0 Å². The van der Waals surface area contributed by atoms with Crippen molar-refractivity contribution in [3.63, 3.8) is 0 Å². The standard InChI is InChI=1S/C16H27N3O2/c1-2-20-15(12-6-4-3-5-7-12)16-18-14(21-19-16)10-13(17)11-8-9-11/h11-13,15H,2-10,17H2,1H3. The molecule has 0 saturated heterocycles. The van der Waals surface area contributed by atoms with Crippen molar-refractivity contribution < 1.29 is 9.26 Å². The predicted octanol–water partition coefficient (Wildman–Crippen LogP) is 3.01. The SMILES string of the molecule is CCOC(c1noc(CC(N)C2CC2)n1)C1CCCCC1. The zero-order valence-corrected chi connectivity index (χ0v) is 13.0. The zero-order valence-electron chi connectivity index (χ0n) is 13.0. The van der Waals surface area contributed by atoms with Crippen molar-refractivity contribution in [3.05, 3.63) is 11.7 Å². The molecule has 0 spiro atoms. The summed E-state index contributed by atoms with van der Waals surface area (Å²) >= 11 is 0. The Morgan fingerprint density at radius 1 is 1.19 bits per heavy atom. The Bertz CT molecular complexity index is 438. The van der Waals surface area contributed by atoms with Crippen LogP contribution in [0.25, 0.3) is 0 Å². The Kier molecular flexibility index (Phi) is 4.91. The molecule has 5 heteroatoms. The molecule has 118 valence electrons. The molecule has 2 unspecified atom stereocenters. The summed E-state index contributed by atoms with van der Waals surface area (Å²) in [5.41, 5.74) is 6.14. The number of hydrogen-bond acceptors (Lipinski definition) is 5. The molecule has 2 atom stereocenters. The minimum absolute atomic E-state index is 0.00931. The van der Waals surface area contributed by atoms with E-state index in [1.54, 1.807) is 0 Å². The van der Waals surface area contributed by atoms with Gasteiger partial charge in [-0.2, -0.15) is 4.98 Å². The average molecular weight is 293 g/mol. The molecule has 0 aliphatic heterocycles. The third-order valence-corrected chi connectivity index (χ3v) is 4.80.